The fourth-order valence-corrected chi connectivity index (χ4v) is 3.56. The summed E-state index contributed by atoms with van der Waals surface area (Å²) in [6, 6.07) is 5.61. The van der Waals surface area contributed by atoms with E-state index in [0.29, 0.717) is 14.3 Å². The van der Waals surface area contributed by atoms with Crippen molar-refractivity contribution in [3.8, 4) is 0 Å². The van der Waals surface area contributed by atoms with Gasteiger partial charge in [0.25, 0.3) is 10.0 Å². The molecule has 0 unspecified atom stereocenters. The van der Waals surface area contributed by atoms with Crippen LogP contribution in [-0.4, -0.2) is 13.4 Å². The fraction of sp³-hybridized carbons (Fsp3) is 0. The number of hydrogen-bond acceptors (Lipinski definition) is 3. The van der Waals surface area contributed by atoms with E-state index in [1.807, 2.05) is 22.6 Å². The number of rotatable bonds is 3. The van der Waals surface area contributed by atoms with Crippen molar-refractivity contribution in [2.24, 2.45) is 0 Å². The van der Waals surface area contributed by atoms with E-state index >= 15 is 0 Å². The minimum atomic E-state index is -3.87. The lowest BCUT2D eigenvalue weighted by molar-refractivity contribution is 0.592. The first-order chi connectivity index (χ1) is 8.88. The lowest BCUT2D eigenvalue weighted by Crippen LogP contribution is -2.14. The van der Waals surface area contributed by atoms with Crippen molar-refractivity contribution in [1.29, 1.82) is 0 Å². The molecule has 0 saturated carbocycles. The molecule has 4 nitrogen and oxygen atoms in total. The van der Waals surface area contributed by atoms with Gasteiger partial charge in [-0.25, -0.2) is 12.8 Å². The molecule has 2 aromatic rings. The van der Waals surface area contributed by atoms with Gasteiger partial charge in [0.15, 0.2) is 0 Å². The molecule has 0 aliphatic carbocycles. The normalized spacial score (nSPS) is 11.3. The molecular weight excluding hydrogens is 406 g/mol. The van der Waals surface area contributed by atoms with Crippen LogP contribution in [0.15, 0.2) is 41.6 Å². The Morgan fingerprint density at radius 2 is 2.00 bits per heavy atom. The molecule has 0 bridgehead atoms. The highest BCUT2D eigenvalue weighted by Gasteiger charge is 2.16. The maximum absolute atomic E-state index is 13.0. The molecule has 0 amide bonds. The van der Waals surface area contributed by atoms with E-state index in [9.17, 15) is 12.8 Å². The molecular formula is C11H7ClFIN2O2S. The second-order valence-corrected chi connectivity index (χ2v) is 6.85. The maximum atomic E-state index is 13.0. The minimum absolute atomic E-state index is 0.238. The summed E-state index contributed by atoms with van der Waals surface area (Å²) in [6.07, 6.45) is 2.01. The molecule has 1 heterocycles. The van der Waals surface area contributed by atoms with E-state index in [4.69, 9.17) is 11.6 Å². The Kier molecular flexibility index (Phi) is 4.26. The average Bonchev–Trinajstić information content (AvgIpc) is 2.33. The summed E-state index contributed by atoms with van der Waals surface area (Å²) < 4.78 is 40.1. The summed E-state index contributed by atoms with van der Waals surface area (Å²) in [5.74, 6) is -0.714. The van der Waals surface area contributed by atoms with Crippen molar-refractivity contribution < 1.29 is 12.8 Å². The molecule has 19 heavy (non-hydrogen) atoms. The molecule has 0 aliphatic heterocycles. The maximum Gasteiger partial charge on any atom is 0.263 e. The smallest absolute Gasteiger partial charge is 0.263 e. The van der Waals surface area contributed by atoms with Crippen LogP contribution in [0.1, 0.15) is 0 Å². The number of halogens is 3. The van der Waals surface area contributed by atoms with Gasteiger partial charge in [-0.05, 0) is 46.9 Å². The van der Waals surface area contributed by atoms with E-state index in [2.05, 4.69) is 9.71 Å². The molecule has 8 heteroatoms. The summed E-state index contributed by atoms with van der Waals surface area (Å²) in [5.41, 5.74) is 0.370. The van der Waals surface area contributed by atoms with Crippen LogP contribution < -0.4 is 4.72 Å². The van der Waals surface area contributed by atoms with E-state index in [1.165, 1.54) is 6.07 Å². The minimum Gasteiger partial charge on any atom is -0.279 e. The van der Waals surface area contributed by atoms with Crippen molar-refractivity contribution in [2.45, 2.75) is 4.90 Å². The molecule has 100 valence electrons. The van der Waals surface area contributed by atoms with Gasteiger partial charge in [-0.1, -0.05) is 11.6 Å². The Morgan fingerprint density at radius 1 is 1.26 bits per heavy atom. The third-order valence-corrected chi connectivity index (χ3v) is 4.63. The van der Waals surface area contributed by atoms with Gasteiger partial charge >= 0.3 is 0 Å². The highest BCUT2D eigenvalue weighted by Crippen LogP contribution is 2.24. The van der Waals surface area contributed by atoms with Gasteiger partial charge in [-0.3, -0.25) is 9.71 Å². The zero-order chi connectivity index (χ0) is 14.0. The Balaban J connectivity index is 2.36. The summed E-state index contributed by atoms with van der Waals surface area (Å²) in [7, 11) is -3.87. The van der Waals surface area contributed by atoms with E-state index < -0.39 is 15.8 Å². The van der Waals surface area contributed by atoms with Gasteiger partial charge in [0.05, 0.1) is 11.9 Å². The van der Waals surface area contributed by atoms with Crippen LogP contribution in [0, 0.1) is 9.39 Å². The lowest BCUT2D eigenvalue weighted by atomic mass is 10.3. The Hall–Kier alpha value is -0.930. The number of hydrogen-bond donors (Lipinski definition) is 1. The number of aromatic nitrogens is 1. The number of nitrogens with zero attached hydrogens (tertiary/aromatic N) is 1. The van der Waals surface area contributed by atoms with Gasteiger partial charge in [-0.2, -0.15) is 0 Å². The van der Waals surface area contributed by atoms with Crippen LogP contribution in [0.25, 0.3) is 0 Å². The quantitative estimate of drug-likeness (QED) is 0.787. The number of anilines is 1. The van der Waals surface area contributed by atoms with Crippen molar-refractivity contribution in [2.75, 3.05) is 4.72 Å². The van der Waals surface area contributed by atoms with Crippen LogP contribution in [0.3, 0.4) is 0 Å². The van der Waals surface area contributed by atoms with Crippen molar-refractivity contribution in [3.63, 3.8) is 0 Å². The highest BCUT2D eigenvalue weighted by molar-refractivity contribution is 14.1. The molecule has 2 rings (SSSR count). The molecule has 1 N–H and O–H groups in total. The first-order valence-electron chi connectivity index (χ1n) is 4.97. The van der Waals surface area contributed by atoms with E-state index in [0.717, 1.165) is 18.5 Å². The predicted octanol–water partition coefficient (Wildman–Crippen LogP) is 3.28. The standard InChI is InChI=1S/C11H7ClFIN2O2S/c12-7-1-2-11(10(14)3-7)16-19(17,18)9-4-8(13)5-15-6-9/h1-6,16H. The van der Waals surface area contributed by atoms with Crippen molar-refractivity contribution in [3.05, 3.63) is 51.1 Å². The second-order valence-electron chi connectivity index (χ2n) is 3.57. The molecule has 0 saturated heterocycles. The summed E-state index contributed by atoms with van der Waals surface area (Å²) in [6.45, 7) is 0. The van der Waals surface area contributed by atoms with Crippen LogP contribution in [-0.2, 0) is 10.0 Å². The van der Waals surface area contributed by atoms with E-state index in [-0.39, 0.29) is 4.90 Å². The number of benzene rings is 1. The van der Waals surface area contributed by atoms with Gasteiger partial charge in [0, 0.05) is 14.8 Å². The monoisotopic (exact) mass is 412 g/mol. The van der Waals surface area contributed by atoms with Crippen LogP contribution in [0.5, 0.6) is 0 Å². The molecule has 0 spiro atoms. The Labute approximate surface area is 128 Å². The number of sulfonamides is 1. The van der Waals surface area contributed by atoms with Crippen molar-refractivity contribution >= 4 is 49.9 Å². The van der Waals surface area contributed by atoms with Crippen molar-refractivity contribution in [1.82, 2.24) is 4.98 Å². The SMILES string of the molecule is O=S(=O)(Nc1ccc(Cl)cc1I)c1cncc(F)c1. The van der Waals surface area contributed by atoms with Gasteiger partial charge in [-0.15, -0.1) is 0 Å². The zero-order valence-corrected chi connectivity index (χ0v) is 13.0. The topological polar surface area (TPSA) is 59.1 Å². The Morgan fingerprint density at radius 3 is 2.63 bits per heavy atom. The number of pyridine rings is 1. The lowest BCUT2D eigenvalue weighted by Gasteiger charge is -2.09. The van der Waals surface area contributed by atoms with Crippen LogP contribution >= 0.6 is 34.2 Å². The molecule has 1 aromatic carbocycles. The predicted molar refractivity (Wildman–Crippen MR) is 79.2 cm³/mol. The largest absolute Gasteiger partial charge is 0.279 e. The fourth-order valence-electron chi connectivity index (χ4n) is 1.32. The van der Waals surface area contributed by atoms with Gasteiger partial charge < -0.3 is 0 Å². The van der Waals surface area contributed by atoms with E-state index in [1.54, 1.807) is 12.1 Å². The molecule has 1 aromatic heterocycles. The zero-order valence-electron chi connectivity index (χ0n) is 9.27. The third kappa shape index (κ3) is 3.54. The second kappa shape index (κ2) is 5.59. The van der Waals surface area contributed by atoms with Crippen LogP contribution in [0.2, 0.25) is 5.02 Å². The van der Waals surface area contributed by atoms with Gasteiger partial charge in [0.1, 0.15) is 10.7 Å². The first kappa shape index (κ1) is 14.5. The highest BCUT2D eigenvalue weighted by atomic mass is 127. The molecule has 0 aliphatic rings. The summed E-state index contributed by atoms with van der Waals surface area (Å²) in [4.78, 5) is 3.27. The van der Waals surface area contributed by atoms with Crippen LogP contribution in [0.4, 0.5) is 10.1 Å². The molecule has 0 fully saturated rings. The molecule has 0 atom stereocenters. The van der Waals surface area contributed by atoms with Gasteiger partial charge in [0.2, 0.25) is 0 Å². The molecule has 0 radical (unpaired) electrons. The third-order valence-electron chi connectivity index (χ3n) is 2.17. The first-order valence-corrected chi connectivity index (χ1v) is 7.91. The summed E-state index contributed by atoms with van der Waals surface area (Å²) in [5, 5.41) is 0.500. The summed E-state index contributed by atoms with van der Waals surface area (Å²) >= 11 is 7.74. The Bertz CT molecular complexity index is 724. The average molecular weight is 413 g/mol. The number of nitrogens with one attached hydrogen (secondary N) is 1.